The van der Waals surface area contributed by atoms with E-state index in [0.717, 1.165) is 16.6 Å². The zero-order valence-electron chi connectivity index (χ0n) is 13.9. The Balaban J connectivity index is 1.49. The van der Waals surface area contributed by atoms with Crippen molar-refractivity contribution in [1.29, 1.82) is 0 Å². The molecule has 4 rings (SSSR count). The molecule has 3 aromatic rings. The molecule has 27 heavy (non-hydrogen) atoms. The molecule has 1 aliphatic rings. The van der Waals surface area contributed by atoms with Crippen molar-refractivity contribution in [2.45, 2.75) is 13.0 Å². The van der Waals surface area contributed by atoms with E-state index in [9.17, 15) is 14.0 Å². The summed E-state index contributed by atoms with van der Waals surface area (Å²) in [5, 5.41) is 3.24. The summed E-state index contributed by atoms with van der Waals surface area (Å²) in [5.74, 6) is -0.930. The second-order valence-corrected chi connectivity index (χ2v) is 7.41. The molecule has 3 heterocycles. The number of anilines is 1. The van der Waals surface area contributed by atoms with Gasteiger partial charge in [0.2, 0.25) is 0 Å². The number of furan rings is 1. The monoisotopic (exact) mass is 405 g/mol. The van der Waals surface area contributed by atoms with Gasteiger partial charge in [0.25, 0.3) is 11.8 Å². The lowest BCUT2D eigenvalue weighted by Gasteiger charge is -2.26. The van der Waals surface area contributed by atoms with Gasteiger partial charge in [0.05, 0.1) is 29.1 Å². The number of aromatic nitrogens is 1. The summed E-state index contributed by atoms with van der Waals surface area (Å²) in [5.41, 5.74) is 1.11. The summed E-state index contributed by atoms with van der Waals surface area (Å²) in [7, 11) is 0. The SMILES string of the molecule is O=C(Nc1nc2c(s1)CN(C(=O)c1ccc(F)cc1Cl)CC2)c1ccco1. The van der Waals surface area contributed by atoms with Crippen molar-refractivity contribution in [2.75, 3.05) is 11.9 Å². The van der Waals surface area contributed by atoms with Gasteiger partial charge in [-0.2, -0.15) is 0 Å². The van der Waals surface area contributed by atoms with Crippen molar-refractivity contribution in [3.8, 4) is 0 Å². The number of nitrogens with one attached hydrogen (secondary N) is 1. The quantitative estimate of drug-likeness (QED) is 0.715. The molecule has 1 N–H and O–H groups in total. The van der Waals surface area contributed by atoms with Gasteiger partial charge in [-0.15, -0.1) is 0 Å². The number of carbonyl (C=O) groups is 2. The molecule has 0 saturated carbocycles. The number of fused-ring (bicyclic) bond motifs is 1. The van der Waals surface area contributed by atoms with Gasteiger partial charge in [0, 0.05) is 17.8 Å². The van der Waals surface area contributed by atoms with Gasteiger partial charge in [-0.25, -0.2) is 9.37 Å². The Kier molecular flexibility index (Phi) is 4.67. The summed E-state index contributed by atoms with van der Waals surface area (Å²) < 4.78 is 18.3. The largest absolute Gasteiger partial charge is 0.459 e. The minimum atomic E-state index is -0.489. The maximum Gasteiger partial charge on any atom is 0.293 e. The number of nitrogens with zero attached hydrogens (tertiary/aromatic N) is 2. The second kappa shape index (κ2) is 7.13. The van der Waals surface area contributed by atoms with Crippen LogP contribution < -0.4 is 5.32 Å². The third-order valence-electron chi connectivity index (χ3n) is 4.15. The van der Waals surface area contributed by atoms with Crippen molar-refractivity contribution >= 4 is 39.9 Å². The number of rotatable bonds is 3. The van der Waals surface area contributed by atoms with E-state index >= 15 is 0 Å². The molecule has 0 saturated heterocycles. The number of hydrogen-bond acceptors (Lipinski definition) is 5. The summed E-state index contributed by atoms with van der Waals surface area (Å²) in [6.45, 7) is 0.824. The van der Waals surface area contributed by atoms with Crippen LogP contribution in [0.15, 0.2) is 41.0 Å². The average Bonchev–Trinajstić information content (AvgIpc) is 3.30. The summed E-state index contributed by atoms with van der Waals surface area (Å²) >= 11 is 7.31. The highest BCUT2D eigenvalue weighted by atomic mass is 35.5. The molecular formula is C18H13ClFN3O3S. The van der Waals surface area contributed by atoms with Gasteiger partial charge in [-0.1, -0.05) is 22.9 Å². The third kappa shape index (κ3) is 3.58. The molecule has 9 heteroatoms. The summed E-state index contributed by atoms with van der Waals surface area (Å²) in [4.78, 5) is 31.7. The van der Waals surface area contributed by atoms with E-state index in [2.05, 4.69) is 10.3 Å². The van der Waals surface area contributed by atoms with Gasteiger partial charge >= 0.3 is 0 Å². The fourth-order valence-electron chi connectivity index (χ4n) is 2.82. The van der Waals surface area contributed by atoms with Crippen molar-refractivity contribution < 1.29 is 18.4 Å². The molecular weight excluding hydrogens is 393 g/mol. The number of carbonyl (C=O) groups excluding carboxylic acids is 2. The smallest absolute Gasteiger partial charge is 0.293 e. The van der Waals surface area contributed by atoms with Crippen molar-refractivity contribution in [2.24, 2.45) is 0 Å². The molecule has 0 unspecified atom stereocenters. The molecule has 0 fully saturated rings. The van der Waals surface area contributed by atoms with Crippen LogP contribution in [-0.4, -0.2) is 28.2 Å². The Bertz CT molecular complexity index is 1020. The molecule has 0 bridgehead atoms. The van der Waals surface area contributed by atoms with E-state index in [-0.39, 0.29) is 28.2 Å². The Morgan fingerprint density at radius 2 is 2.19 bits per heavy atom. The number of hydrogen-bond donors (Lipinski definition) is 1. The number of halogens is 2. The molecule has 1 aliphatic heterocycles. The van der Waals surface area contributed by atoms with Crippen LogP contribution in [0.3, 0.4) is 0 Å². The first-order valence-electron chi connectivity index (χ1n) is 8.09. The van der Waals surface area contributed by atoms with Gasteiger partial charge < -0.3 is 9.32 Å². The first-order chi connectivity index (χ1) is 13.0. The molecule has 2 aromatic heterocycles. The molecule has 138 valence electrons. The number of thiazole rings is 1. The van der Waals surface area contributed by atoms with E-state index in [4.69, 9.17) is 16.0 Å². The van der Waals surface area contributed by atoms with Crippen molar-refractivity contribution in [3.63, 3.8) is 0 Å². The topological polar surface area (TPSA) is 75.4 Å². The van der Waals surface area contributed by atoms with Gasteiger partial charge in [-0.3, -0.25) is 14.9 Å². The zero-order chi connectivity index (χ0) is 19.0. The normalized spacial score (nSPS) is 13.3. The van der Waals surface area contributed by atoms with E-state index in [1.807, 2.05) is 0 Å². The fraction of sp³-hybridized carbons (Fsp3) is 0.167. The summed E-state index contributed by atoms with van der Waals surface area (Å²) in [6.07, 6.45) is 1.98. The average molecular weight is 406 g/mol. The summed E-state index contributed by atoms with van der Waals surface area (Å²) in [6, 6.07) is 6.92. The minimum Gasteiger partial charge on any atom is -0.459 e. The molecule has 0 radical (unpaired) electrons. The van der Waals surface area contributed by atoms with Crippen LogP contribution in [0, 0.1) is 5.82 Å². The first kappa shape index (κ1) is 17.7. The molecule has 1 aromatic carbocycles. The van der Waals surface area contributed by atoms with Crippen LogP contribution in [-0.2, 0) is 13.0 Å². The fourth-order valence-corrected chi connectivity index (χ4v) is 4.09. The van der Waals surface area contributed by atoms with E-state index in [1.54, 1.807) is 17.0 Å². The van der Waals surface area contributed by atoms with Crippen LogP contribution >= 0.6 is 22.9 Å². The zero-order valence-corrected chi connectivity index (χ0v) is 15.4. The molecule has 0 atom stereocenters. The maximum atomic E-state index is 13.2. The Labute approximate surface area is 162 Å². The first-order valence-corrected chi connectivity index (χ1v) is 9.28. The number of benzene rings is 1. The van der Waals surface area contributed by atoms with Crippen LogP contribution in [0.25, 0.3) is 0 Å². The highest BCUT2D eigenvalue weighted by Gasteiger charge is 2.26. The van der Waals surface area contributed by atoms with E-state index < -0.39 is 5.82 Å². The van der Waals surface area contributed by atoms with Crippen molar-refractivity contribution in [1.82, 2.24) is 9.88 Å². The maximum absolute atomic E-state index is 13.2. The Morgan fingerprint density at radius 3 is 2.93 bits per heavy atom. The molecule has 0 aliphatic carbocycles. The lowest BCUT2D eigenvalue weighted by molar-refractivity contribution is 0.0736. The van der Waals surface area contributed by atoms with Crippen LogP contribution in [0.2, 0.25) is 5.02 Å². The predicted octanol–water partition coefficient (Wildman–Crippen LogP) is 3.98. The van der Waals surface area contributed by atoms with Gasteiger partial charge in [0.1, 0.15) is 5.82 Å². The minimum absolute atomic E-state index is 0.0847. The van der Waals surface area contributed by atoms with E-state index in [1.165, 1.54) is 29.7 Å². The van der Waals surface area contributed by atoms with Crippen LogP contribution in [0.5, 0.6) is 0 Å². The van der Waals surface area contributed by atoms with Crippen LogP contribution in [0.4, 0.5) is 9.52 Å². The van der Waals surface area contributed by atoms with Gasteiger partial charge in [-0.05, 0) is 30.3 Å². The standard InChI is InChI=1S/C18H13ClFN3O3S/c19-12-8-10(20)3-4-11(12)17(25)23-6-5-13-15(9-23)27-18(21-13)22-16(24)14-2-1-7-26-14/h1-4,7-8H,5-6,9H2,(H,21,22,24). The van der Waals surface area contributed by atoms with Crippen LogP contribution in [0.1, 0.15) is 31.5 Å². The van der Waals surface area contributed by atoms with Crippen molar-refractivity contribution in [3.05, 3.63) is 69.3 Å². The lowest BCUT2D eigenvalue weighted by Crippen LogP contribution is -2.35. The Hall–Kier alpha value is -2.71. The number of amides is 2. The molecule has 0 spiro atoms. The lowest BCUT2D eigenvalue weighted by atomic mass is 10.1. The van der Waals surface area contributed by atoms with Gasteiger partial charge in [0.15, 0.2) is 10.9 Å². The molecule has 6 nitrogen and oxygen atoms in total. The predicted molar refractivity (Wildman–Crippen MR) is 98.6 cm³/mol. The molecule has 2 amide bonds. The van der Waals surface area contributed by atoms with E-state index in [0.29, 0.717) is 24.6 Å². The third-order valence-corrected chi connectivity index (χ3v) is 5.46. The highest BCUT2D eigenvalue weighted by molar-refractivity contribution is 7.15. The highest BCUT2D eigenvalue weighted by Crippen LogP contribution is 2.30. The Morgan fingerprint density at radius 1 is 1.33 bits per heavy atom. The second-order valence-electron chi connectivity index (χ2n) is 5.92.